The third kappa shape index (κ3) is 3.74. The molecule has 46 valence electrons. The second-order valence-corrected chi connectivity index (χ2v) is 2.31. The summed E-state index contributed by atoms with van der Waals surface area (Å²) in [6.45, 7) is 1.70. The van der Waals surface area contributed by atoms with Crippen LogP contribution in [0.1, 0.15) is 6.92 Å². The average Bonchev–Trinajstić information content (AvgIpc) is 1.65. The lowest BCUT2D eigenvalue weighted by molar-refractivity contribution is 1.47. The predicted molar refractivity (Wildman–Crippen MR) is 39.2 cm³/mol. The molecule has 0 atom stereocenters. The molecule has 0 heterocycles. The maximum atomic E-state index is 6.96. The van der Waals surface area contributed by atoms with E-state index in [1.807, 2.05) is 6.26 Å². The standard InChI is InChI=1S/C5H10N2S/c1-4(6)3-5(7)8-2/h3,6H,7H2,1-2H3/b5-3-,6-4?. The normalized spacial score (nSPS) is 11.5. The fourth-order valence-electron chi connectivity index (χ4n) is 0.272. The van der Waals surface area contributed by atoms with E-state index in [1.54, 1.807) is 13.0 Å². The summed E-state index contributed by atoms with van der Waals surface area (Å²) in [5, 5.41) is 7.65. The molecule has 0 amide bonds. The summed E-state index contributed by atoms with van der Waals surface area (Å²) in [6.07, 6.45) is 3.51. The van der Waals surface area contributed by atoms with Gasteiger partial charge in [-0.3, -0.25) is 0 Å². The van der Waals surface area contributed by atoms with Crippen LogP contribution in [0.4, 0.5) is 0 Å². The van der Waals surface area contributed by atoms with Crippen LogP contribution in [0.5, 0.6) is 0 Å². The van der Waals surface area contributed by atoms with Crippen molar-refractivity contribution in [3.63, 3.8) is 0 Å². The SMILES string of the molecule is CS/C(N)=C\C(C)=N. The molecule has 0 aromatic rings. The van der Waals surface area contributed by atoms with Crippen LogP contribution in [0.25, 0.3) is 0 Å². The lowest BCUT2D eigenvalue weighted by Crippen LogP contribution is -1.93. The van der Waals surface area contributed by atoms with Gasteiger partial charge in [-0.05, 0) is 19.3 Å². The van der Waals surface area contributed by atoms with E-state index in [-0.39, 0.29) is 0 Å². The van der Waals surface area contributed by atoms with Gasteiger partial charge in [0.1, 0.15) is 0 Å². The molecule has 2 nitrogen and oxygen atoms in total. The van der Waals surface area contributed by atoms with Gasteiger partial charge >= 0.3 is 0 Å². The Morgan fingerprint density at radius 1 is 1.75 bits per heavy atom. The van der Waals surface area contributed by atoms with Crippen LogP contribution in [0, 0.1) is 5.41 Å². The van der Waals surface area contributed by atoms with Crippen LogP contribution < -0.4 is 5.73 Å². The Balaban J connectivity index is 3.75. The van der Waals surface area contributed by atoms with Crippen molar-refractivity contribution in [3.8, 4) is 0 Å². The van der Waals surface area contributed by atoms with Crippen molar-refractivity contribution in [2.75, 3.05) is 6.26 Å². The molecule has 0 rings (SSSR count). The molecule has 3 heteroatoms. The zero-order valence-electron chi connectivity index (χ0n) is 5.06. The Hall–Kier alpha value is -0.440. The fraction of sp³-hybridized carbons (Fsp3) is 0.400. The van der Waals surface area contributed by atoms with Crippen molar-refractivity contribution < 1.29 is 0 Å². The van der Waals surface area contributed by atoms with Crippen molar-refractivity contribution in [3.05, 3.63) is 11.1 Å². The zero-order chi connectivity index (χ0) is 6.57. The van der Waals surface area contributed by atoms with Crippen LogP contribution in [0.15, 0.2) is 11.1 Å². The molecule has 0 fully saturated rings. The topological polar surface area (TPSA) is 49.9 Å². The lowest BCUT2D eigenvalue weighted by atomic mass is 10.4. The quantitative estimate of drug-likeness (QED) is 0.552. The predicted octanol–water partition coefficient (Wildman–Crippen LogP) is 1.19. The highest BCUT2D eigenvalue weighted by molar-refractivity contribution is 8.02. The first-order chi connectivity index (χ1) is 3.66. The van der Waals surface area contributed by atoms with E-state index in [1.165, 1.54) is 11.8 Å². The Labute approximate surface area is 53.7 Å². The molecule has 0 radical (unpaired) electrons. The van der Waals surface area contributed by atoms with Crippen molar-refractivity contribution in [1.29, 1.82) is 5.41 Å². The first-order valence-electron chi connectivity index (χ1n) is 2.23. The minimum Gasteiger partial charge on any atom is -0.393 e. The monoisotopic (exact) mass is 130 g/mol. The summed E-state index contributed by atoms with van der Waals surface area (Å²) < 4.78 is 0. The Kier molecular flexibility index (Phi) is 3.35. The molecule has 0 unspecified atom stereocenters. The molecule has 8 heavy (non-hydrogen) atoms. The van der Waals surface area contributed by atoms with Crippen LogP contribution >= 0.6 is 11.8 Å². The second kappa shape index (κ2) is 3.55. The molecule has 0 saturated carbocycles. The van der Waals surface area contributed by atoms with Crippen molar-refractivity contribution in [1.82, 2.24) is 0 Å². The zero-order valence-corrected chi connectivity index (χ0v) is 5.88. The molecule has 0 aromatic carbocycles. The molecular formula is C5H10N2S. The minimum atomic E-state index is 0.497. The highest BCUT2D eigenvalue weighted by atomic mass is 32.2. The molecule has 0 aliphatic carbocycles. The van der Waals surface area contributed by atoms with E-state index in [0.29, 0.717) is 10.7 Å². The van der Waals surface area contributed by atoms with Crippen molar-refractivity contribution >= 4 is 17.5 Å². The third-order valence-corrected chi connectivity index (χ3v) is 1.18. The number of hydrogen-bond acceptors (Lipinski definition) is 3. The smallest absolute Gasteiger partial charge is 0.0670 e. The van der Waals surface area contributed by atoms with Gasteiger partial charge < -0.3 is 11.1 Å². The van der Waals surface area contributed by atoms with Gasteiger partial charge in [-0.15, -0.1) is 11.8 Å². The van der Waals surface area contributed by atoms with E-state index in [4.69, 9.17) is 11.1 Å². The van der Waals surface area contributed by atoms with Crippen molar-refractivity contribution in [2.45, 2.75) is 6.92 Å². The number of nitrogens with one attached hydrogen (secondary N) is 1. The summed E-state index contributed by atoms with van der Waals surface area (Å²) in [6, 6.07) is 0. The van der Waals surface area contributed by atoms with Gasteiger partial charge in [-0.1, -0.05) is 0 Å². The first kappa shape index (κ1) is 7.56. The van der Waals surface area contributed by atoms with Crippen LogP contribution in [0.3, 0.4) is 0 Å². The number of thioether (sulfide) groups is 1. The largest absolute Gasteiger partial charge is 0.393 e. The van der Waals surface area contributed by atoms with E-state index in [2.05, 4.69) is 0 Å². The first-order valence-corrected chi connectivity index (χ1v) is 3.45. The van der Waals surface area contributed by atoms with E-state index in [9.17, 15) is 0 Å². The molecule has 0 saturated heterocycles. The van der Waals surface area contributed by atoms with E-state index >= 15 is 0 Å². The van der Waals surface area contributed by atoms with Crippen LogP contribution in [-0.2, 0) is 0 Å². The van der Waals surface area contributed by atoms with Crippen LogP contribution in [-0.4, -0.2) is 12.0 Å². The fourth-order valence-corrected chi connectivity index (χ4v) is 0.567. The van der Waals surface area contributed by atoms with Gasteiger partial charge in [0, 0.05) is 5.71 Å². The Bertz CT molecular complexity index is 118. The minimum absolute atomic E-state index is 0.497. The highest BCUT2D eigenvalue weighted by Gasteiger charge is 1.83. The summed E-state index contributed by atoms with van der Waals surface area (Å²) >= 11 is 1.45. The summed E-state index contributed by atoms with van der Waals surface area (Å²) in [5.74, 6) is 0. The number of rotatable bonds is 2. The summed E-state index contributed by atoms with van der Waals surface area (Å²) in [4.78, 5) is 0. The van der Waals surface area contributed by atoms with Gasteiger partial charge in [-0.2, -0.15) is 0 Å². The second-order valence-electron chi connectivity index (χ2n) is 1.43. The molecular weight excluding hydrogens is 120 g/mol. The van der Waals surface area contributed by atoms with E-state index < -0.39 is 0 Å². The van der Waals surface area contributed by atoms with Gasteiger partial charge in [0.25, 0.3) is 0 Å². The summed E-state index contributed by atoms with van der Waals surface area (Å²) in [5.41, 5.74) is 5.85. The number of hydrogen-bond donors (Lipinski definition) is 2. The Morgan fingerprint density at radius 2 is 2.25 bits per heavy atom. The molecule has 0 bridgehead atoms. The highest BCUT2D eigenvalue weighted by Crippen LogP contribution is 2.01. The molecule has 3 N–H and O–H groups in total. The molecule has 0 aliphatic heterocycles. The number of allylic oxidation sites excluding steroid dienone is 1. The van der Waals surface area contributed by atoms with Gasteiger partial charge in [0.05, 0.1) is 5.03 Å². The number of nitrogens with two attached hydrogens (primary N) is 1. The van der Waals surface area contributed by atoms with E-state index in [0.717, 1.165) is 0 Å². The van der Waals surface area contributed by atoms with Crippen LogP contribution in [0.2, 0.25) is 0 Å². The molecule has 0 spiro atoms. The molecule has 0 aliphatic rings. The Morgan fingerprint density at radius 3 is 2.38 bits per heavy atom. The maximum Gasteiger partial charge on any atom is 0.0670 e. The van der Waals surface area contributed by atoms with Gasteiger partial charge in [0.2, 0.25) is 0 Å². The van der Waals surface area contributed by atoms with Gasteiger partial charge in [-0.25, -0.2) is 0 Å². The lowest BCUT2D eigenvalue weighted by Gasteiger charge is -1.90. The molecule has 0 aromatic heterocycles. The third-order valence-electron chi connectivity index (χ3n) is 0.594. The van der Waals surface area contributed by atoms with Crippen molar-refractivity contribution in [2.24, 2.45) is 5.73 Å². The average molecular weight is 130 g/mol. The maximum absolute atomic E-state index is 6.96. The summed E-state index contributed by atoms with van der Waals surface area (Å²) in [7, 11) is 0. The van der Waals surface area contributed by atoms with Gasteiger partial charge in [0.15, 0.2) is 0 Å².